The van der Waals surface area contributed by atoms with Crippen molar-refractivity contribution < 1.29 is 23.2 Å². The van der Waals surface area contributed by atoms with Crippen molar-refractivity contribution in [1.82, 2.24) is 10.4 Å². The van der Waals surface area contributed by atoms with E-state index in [1.807, 2.05) is 0 Å². The number of nitrogens with one attached hydrogen (secondary N) is 1. The molecule has 20 heavy (non-hydrogen) atoms. The fourth-order valence-corrected chi connectivity index (χ4v) is 2.14. The normalized spacial score (nSPS) is 14.4. The number of hydroxylamine groups is 2. The van der Waals surface area contributed by atoms with Crippen molar-refractivity contribution in [2.45, 2.75) is 6.42 Å². The van der Waals surface area contributed by atoms with Crippen LogP contribution in [0.1, 0.15) is 16.8 Å². The highest BCUT2D eigenvalue weighted by Crippen LogP contribution is 2.20. The minimum Gasteiger partial charge on any atom is -0.343 e. The van der Waals surface area contributed by atoms with Gasteiger partial charge in [0.2, 0.25) is 0 Å². The highest BCUT2D eigenvalue weighted by atomic mass is 79.9. The summed E-state index contributed by atoms with van der Waals surface area (Å²) < 4.78 is 26.6. The van der Waals surface area contributed by atoms with Gasteiger partial charge in [0.25, 0.3) is 11.8 Å². The topological polar surface area (TPSA) is 58.6 Å². The minimum atomic E-state index is -0.881. The maximum atomic E-state index is 13.7. The Balaban J connectivity index is 2.00. The quantitative estimate of drug-likeness (QED) is 0.844. The van der Waals surface area contributed by atoms with Gasteiger partial charge in [-0.3, -0.25) is 14.4 Å². The van der Waals surface area contributed by atoms with Gasteiger partial charge >= 0.3 is 0 Å². The summed E-state index contributed by atoms with van der Waals surface area (Å²) in [6.07, 6.45) is 0.727. The third-order valence-electron chi connectivity index (χ3n) is 2.67. The third kappa shape index (κ3) is 3.31. The second kappa shape index (κ2) is 6.27. The Morgan fingerprint density at radius 3 is 2.80 bits per heavy atom. The van der Waals surface area contributed by atoms with Crippen LogP contribution in [0.2, 0.25) is 0 Å². The fraction of sp³-hybridized carbons (Fsp3) is 0.333. The van der Waals surface area contributed by atoms with Crippen LogP contribution < -0.4 is 5.32 Å². The standard InChI is InChI=1S/C12H11BrF2N2O3/c13-9-5-7(14)4-8(11(9)15)12(19)16-6-10(18)17-2-1-3-20-17/h4-5H,1-3,6H2,(H,16,19). The first kappa shape index (κ1) is 14.9. The predicted molar refractivity (Wildman–Crippen MR) is 68.7 cm³/mol. The van der Waals surface area contributed by atoms with E-state index in [2.05, 4.69) is 21.2 Å². The molecule has 0 radical (unpaired) electrons. The average Bonchev–Trinajstić information content (AvgIpc) is 2.93. The van der Waals surface area contributed by atoms with Gasteiger partial charge in [0, 0.05) is 0 Å². The zero-order valence-corrected chi connectivity index (χ0v) is 11.9. The van der Waals surface area contributed by atoms with Crippen molar-refractivity contribution in [3.63, 3.8) is 0 Å². The van der Waals surface area contributed by atoms with E-state index in [4.69, 9.17) is 4.84 Å². The number of rotatable bonds is 3. The van der Waals surface area contributed by atoms with Gasteiger partial charge in [0.1, 0.15) is 11.6 Å². The molecular formula is C12H11BrF2N2O3. The first-order valence-electron chi connectivity index (χ1n) is 5.85. The molecule has 0 aromatic heterocycles. The highest BCUT2D eigenvalue weighted by molar-refractivity contribution is 9.10. The Morgan fingerprint density at radius 1 is 1.40 bits per heavy atom. The minimum absolute atomic E-state index is 0.156. The molecule has 0 aliphatic carbocycles. The number of carbonyl (C=O) groups is 2. The molecular weight excluding hydrogens is 338 g/mol. The van der Waals surface area contributed by atoms with E-state index in [0.29, 0.717) is 13.2 Å². The molecule has 0 spiro atoms. The van der Waals surface area contributed by atoms with Crippen LogP contribution in [0.4, 0.5) is 8.78 Å². The molecule has 1 fully saturated rings. The summed E-state index contributed by atoms with van der Waals surface area (Å²) in [5.74, 6) is -2.94. The Kier molecular flexibility index (Phi) is 4.66. The van der Waals surface area contributed by atoms with Crippen LogP contribution in [0.25, 0.3) is 0 Å². The maximum absolute atomic E-state index is 13.7. The second-order valence-electron chi connectivity index (χ2n) is 4.11. The smallest absolute Gasteiger partial charge is 0.265 e. The zero-order chi connectivity index (χ0) is 14.7. The Hall–Kier alpha value is -1.54. The van der Waals surface area contributed by atoms with E-state index < -0.39 is 29.0 Å². The lowest BCUT2D eigenvalue weighted by Crippen LogP contribution is -2.38. The average molecular weight is 349 g/mol. The zero-order valence-electron chi connectivity index (χ0n) is 10.3. The molecule has 8 heteroatoms. The summed E-state index contributed by atoms with van der Waals surface area (Å²) in [6.45, 7) is 0.562. The van der Waals surface area contributed by atoms with E-state index in [0.717, 1.165) is 23.6 Å². The number of amides is 2. The summed E-state index contributed by atoms with van der Waals surface area (Å²) >= 11 is 2.81. The monoisotopic (exact) mass is 348 g/mol. The molecule has 108 valence electrons. The molecule has 0 bridgehead atoms. The van der Waals surface area contributed by atoms with Crippen molar-refractivity contribution in [2.24, 2.45) is 0 Å². The number of carbonyl (C=O) groups excluding carboxylic acids is 2. The summed E-state index contributed by atoms with van der Waals surface area (Å²) in [5, 5.41) is 3.37. The molecule has 1 aromatic carbocycles. The summed E-state index contributed by atoms with van der Waals surface area (Å²) in [7, 11) is 0. The van der Waals surface area contributed by atoms with Gasteiger partial charge in [-0.2, -0.15) is 0 Å². The van der Waals surface area contributed by atoms with Gasteiger partial charge in [-0.15, -0.1) is 0 Å². The molecule has 0 atom stereocenters. The van der Waals surface area contributed by atoms with Crippen molar-refractivity contribution >= 4 is 27.7 Å². The summed E-state index contributed by atoms with van der Waals surface area (Å²) in [6, 6.07) is 1.68. The lowest BCUT2D eigenvalue weighted by Gasteiger charge is -2.14. The third-order valence-corrected chi connectivity index (χ3v) is 3.25. The molecule has 1 aliphatic rings. The first-order chi connectivity index (χ1) is 9.49. The van der Waals surface area contributed by atoms with Crippen LogP contribution in [0.3, 0.4) is 0 Å². The van der Waals surface area contributed by atoms with Gasteiger partial charge in [-0.25, -0.2) is 13.8 Å². The molecule has 2 amide bonds. The van der Waals surface area contributed by atoms with E-state index >= 15 is 0 Å². The van der Waals surface area contributed by atoms with E-state index in [-0.39, 0.29) is 11.0 Å². The number of hydrogen-bond donors (Lipinski definition) is 1. The van der Waals surface area contributed by atoms with Gasteiger partial charge in [-0.05, 0) is 34.5 Å². The Morgan fingerprint density at radius 2 is 2.15 bits per heavy atom. The first-order valence-corrected chi connectivity index (χ1v) is 6.64. The van der Waals surface area contributed by atoms with Crippen LogP contribution in [0, 0.1) is 11.6 Å². The molecule has 1 saturated heterocycles. The van der Waals surface area contributed by atoms with Crippen molar-refractivity contribution in [3.8, 4) is 0 Å². The maximum Gasteiger partial charge on any atom is 0.265 e. The molecule has 0 unspecified atom stereocenters. The Labute approximate surface area is 122 Å². The summed E-state index contributed by atoms with van der Waals surface area (Å²) in [5.41, 5.74) is -0.466. The molecule has 2 rings (SSSR count). The molecule has 1 aliphatic heterocycles. The lowest BCUT2D eigenvalue weighted by molar-refractivity contribution is -0.167. The van der Waals surface area contributed by atoms with Crippen molar-refractivity contribution in [2.75, 3.05) is 19.7 Å². The number of hydrogen-bond acceptors (Lipinski definition) is 3. The molecule has 5 nitrogen and oxygen atoms in total. The summed E-state index contributed by atoms with van der Waals surface area (Å²) in [4.78, 5) is 28.4. The van der Waals surface area contributed by atoms with Crippen LogP contribution >= 0.6 is 15.9 Å². The Bertz CT molecular complexity index is 548. The van der Waals surface area contributed by atoms with Crippen LogP contribution in [-0.4, -0.2) is 36.6 Å². The van der Waals surface area contributed by atoms with Gasteiger partial charge in [-0.1, -0.05) is 0 Å². The number of nitrogens with zero attached hydrogens (tertiary/aromatic N) is 1. The van der Waals surface area contributed by atoms with Gasteiger partial charge in [0.05, 0.1) is 29.7 Å². The molecule has 1 N–H and O–H groups in total. The van der Waals surface area contributed by atoms with E-state index in [9.17, 15) is 18.4 Å². The largest absolute Gasteiger partial charge is 0.343 e. The van der Waals surface area contributed by atoms with E-state index in [1.54, 1.807) is 0 Å². The number of benzene rings is 1. The van der Waals surface area contributed by atoms with Crippen LogP contribution in [0.5, 0.6) is 0 Å². The molecule has 1 heterocycles. The van der Waals surface area contributed by atoms with Gasteiger partial charge < -0.3 is 5.32 Å². The fourth-order valence-electron chi connectivity index (χ4n) is 1.70. The van der Waals surface area contributed by atoms with Crippen LogP contribution in [0.15, 0.2) is 16.6 Å². The molecule has 0 saturated carbocycles. The van der Waals surface area contributed by atoms with Crippen molar-refractivity contribution in [3.05, 3.63) is 33.8 Å². The van der Waals surface area contributed by atoms with Crippen molar-refractivity contribution in [1.29, 1.82) is 0 Å². The lowest BCUT2D eigenvalue weighted by atomic mass is 10.2. The van der Waals surface area contributed by atoms with Gasteiger partial charge in [0.15, 0.2) is 0 Å². The molecule has 1 aromatic rings. The highest BCUT2D eigenvalue weighted by Gasteiger charge is 2.21. The van der Waals surface area contributed by atoms with E-state index in [1.165, 1.54) is 0 Å². The SMILES string of the molecule is O=C(NCC(=O)N1CCCO1)c1cc(F)cc(Br)c1F. The van der Waals surface area contributed by atoms with Crippen LogP contribution in [-0.2, 0) is 9.63 Å². The number of halogens is 3. The predicted octanol–water partition coefficient (Wildman–Crippen LogP) is 1.62. The second-order valence-corrected chi connectivity index (χ2v) is 4.97.